The highest BCUT2D eigenvalue weighted by Crippen LogP contribution is 2.24. The van der Waals surface area contributed by atoms with Crippen LogP contribution in [-0.4, -0.2) is 51.3 Å². The van der Waals surface area contributed by atoms with Crippen molar-refractivity contribution in [2.45, 2.75) is 90.0 Å². The van der Waals surface area contributed by atoms with Crippen molar-refractivity contribution in [1.29, 1.82) is 0 Å². The highest BCUT2D eigenvalue weighted by molar-refractivity contribution is 6.06. The minimum atomic E-state index is -0.168. The van der Waals surface area contributed by atoms with E-state index in [1.807, 2.05) is 42.5 Å². The SMILES string of the molecule is CCCCCCCCCCCCOc1ccc(CCCN)cc1C(=O)Nc1ccc(OCC2CNCCN2)cc1.Cl.Cl.Cl. The molecule has 1 amide bonds. The fourth-order valence-electron chi connectivity index (χ4n) is 4.97. The van der Waals surface area contributed by atoms with Gasteiger partial charge in [0.1, 0.15) is 18.1 Å². The second-order valence-corrected chi connectivity index (χ2v) is 10.9. The summed E-state index contributed by atoms with van der Waals surface area (Å²) in [5.41, 5.74) is 8.10. The number of aryl methyl sites for hydroxylation is 1. The van der Waals surface area contributed by atoms with E-state index in [0.717, 1.165) is 62.3 Å². The molecular formula is C33H55Cl3N4O3. The molecule has 1 unspecified atom stereocenters. The van der Waals surface area contributed by atoms with Crippen molar-refractivity contribution in [3.05, 3.63) is 53.6 Å². The number of rotatable bonds is 20. The van der Waals surface area contributed by atoms with Crippen LogP contribution in [0.25, 0.3) is 0 Å². The van der Waals surface area contributed by atoms with Crippen LogP contribution in [0.3, 0.4) is 0 Å². The summed E-state index contributed by atoms with van der Waals surface area (Å²) in [7, 11) is 0. The normalized spacial score (nSPS) is 14.0. The van der Waals surface area contributed by atoms with Crippen molar-refractivity contribution in [2.75, 3.05) is 44.7 Å². The Labute approximate surface area is 278 Å². The molecule has 5 N–H and O–H groups in total. The Morgan fingerprint density at radius 2 is 1.53 bits per heavy atom. The van der Waals surface area contributed by atoms with Gasteiger partial charge in [0, 0.05) is 25.3 Å². The van der Waals surface area contributed by atoms with Crippen LogP contribution < -0.4 is 31.2 Å². The Balaban J connectivity index is 0.00000588. The fourth-order valence-corrected chi connectivity index (χ4v) is 4.97. The number of carbonyl (C=O) groups is 1. The van der Waals surface area contributed by atoms with Crippen molar-refractivity contribution < 1.29 is 14.3 Å². The number of ether oxygens (including phenoxy) is 2. The number of piperazine rings is 1. The molecule has 10 heteroatoms. The van der Waals surface area contributed by atoms with Crippen molar-refractivity contribution in [1.82, 2.24) is 10.6 Å². The number of nitrogens with one attached hydrogen (secondary N) is 3. The largest absolute Gasteiger partial charge is 0.493 e. The minimum absolute atomic E-state index is 0. The molecule has 0 saturated carbocycles. The Kier molecular flexibility index (Phi) is 24.5. The summed E-state index contributed by atoms with van der Waals surface area (Å²) < 4.78 is 12.0. The van der Waals surface area contributed by atoms with Crippen LogP contribution in [0.15, 0.2) is 42.5 Å². The van der Waals surface area contributed by atoms with Crippen LogP contribution in [0.2, 0.25) is 0 Å². The lowest BCUT2D eigenvalue weighted by Gasteiger charge is -2.24. The zero-order valence-corrected chi connectivity index (χ0v) is 28.3. The summed E-state index contributed by atoms with van der Waals surface area (Å²) in [6.45, 7) is 6.97. The molecule has 7 nitrogen and oxygen atoms in total. The smallest absolute Gasteiger partial charge is 0.259 e. The van der Waals surface area contributed by atoms with Crippen molar-refractivity contribution in [3.8, 4) is 11.5 Å². The summed E-state index contributed by atoms with van der Waals surface area (Å²) in [6.07, 6.45) is 14.5. The predicted molar refractivity (Wildman–Crippen MR) is 187 cm³/mol. The van der Waals surface area contributed by atoms with Crippen LogP contribution in [0.1, 0.15) is 93.5 Å². The first-order chi connectivity index (χ1) is 19.7. The summed E-state index contributed by atoms with van der Waals surface area (Å²) in [6, 6.07) is 13.8. The molecule has 1 saturated heterocycles. The maximum atomic E-state index is 13.3. The van der Waals surface area contributed by atoms with E-state index in [-0.39, 0.29) is 43.1 Å². The lowest BCUT2D eigenvalue weighted by atomic mass is 10.0. The first-order valence-electron chi connectivity index (χ1n) is 15.6. The molecule has 0 bridgehead atoms. The molecule has 43 heavy (non-hydrogen) atoms. The molecule has 0 spiro atoms. The van der Waals surface area contributed by atoms with Gasteiger partial charge < -0.3 is 31.2 Å². The summed E-state index contributed by atoms with van der Waals surface area (Å²) >= 11 is 0. The Morgan fingerprint density at radius 1 is 0.860 bits per heavy atom. The number of halogens is 3. The number of hydrogen-bond acceptors (Lipinski definition) is 6. The molecule has 1 atom stereocenters. The van der Waals surface area contributed by atoms with E-state index in [1.54, 1.807) is 0 Å². The number of nitrogens with two attached hydrogens (primary N) is 1. The highest BCUT2D eigenvalue weighted by atomic mass is 35.5. The Morgan fingerprint density at radius 3 is 2.16 bits per heavy atom. The second kappa shape index (κ2) is 25.6. The highest BCUT2D eigenvalue weighted by Gasteiger charge is 2.15. The van der Waals surface area contributed by atoms with Gasteiger partial charge in [0.15, 0.2) is 0 Å². The van der Waals surface area contributed by atoms with Gasteiger partial charge in [-0.2, -0.15) is 0 Å². The number of benzene rings is 2. The standard InChI is InChI=1S/C33H52N4O3.3ClH/c1-2-3-4-5-6-7-8-9-10-11-23-39-32-19-14-27(13-12-20-34)24-31(32)33(38)37-28-15-17-30(18-16-28)40-26-29-25-35-21-22-36-29;;;/h14-19,24,29,35-36H,2-13,20-23,25-26,34H2,1H3,(H,37,38);3*1H. The molecule has 1 aliphatic rings. The summed E-state index contributed by atoms with van der Waals surface area (Å²) in [5, 5.41) is 9.84. The van der Waals surface area contributed by atoms with E-state index < -0.39 is 0 Å². The van der Waals surface area contributed by atoms with Gasteiger partial charge in [0.2, 0.25) is 0 Å². The van der Waals surface area contributed by atoms with Crippen molar-refractivity contribution in [2.24, 2.45) is 5.73 Å². The summed E-state index contributed by atoms with van der Waals surface area (Å²) in [5.74, 6) is 1.26. The number of amides is 1. The first kappa shape index (κ1) is 41.3. The molecule has 2 aromatic carbocycles. The lowest BCUT2D eigenvalue weighted by molar-refractivity contribution is 0.102. The average Bonchev–Trinajstić information content (AvgIpc) is 2.99. The topological polar surface area (TPSA) is 97.6 Å². The fraction of sp³-hybridized carbons (Fsp3) is 0.606. The van der Waals surface area contributed by atoms with Gasteiger partial charge in [-0.15, -0.1) is 37.2 Å². The molecule has 2 aromatic rings. The predicted octanol–water partition coefficient (Wildman–Crippen LogP) is 7.34. The van der Waals surface area contributed by atoms with Gasteiger partial charge in [0.05, 0.1) is 18.2 Å². The van der Waals surface area contributed by atoms with E-state index >= 15 is 0 Å². The number of carbonyl (C=O) groups excluding carboxylic acids is 1. The van der Waals surface area contributed by atoms with Crippen molar-refractivity contribution in [3.63, 3.8) is 0 Å². The minimum Gasteiger partial charge on any atom is -0.493 e. The van der Waals surface area contributed by atoms with Crippen LogP contribution >= 0.6 is 37.2 Å². The third-order valence-corrected chi connectivity index (χ3v) is 7.40. The quantitative estimate of drug-likeness (QED) is 0.111. The maximum absolute atomic E-state index is 13.3. The maximum Gasteiger partial charge on any atom is 0.259 e. The Hall–Kier alpha value is -1.74. The third kappa shape index (κ3) is 16.8. The zero-order valence-electron chi connectivity index (χ0n) is 25.9. The Bertz CT molecular complexity index is 976. The van der Waals surface area contributed by atoms with Gasteiger partial charge in [-0.25, -0.2) is 0 Å². The molecule has 0 aliphatic carbocycles. The van der Waals surface area contributed by atoms with Gasteiger partial charge in [0.25, 0.3) is 5.91 Å². The molecule has 246 valence electrons. The molecule has 1 fully saturated rings. The van der Waals surface area contributed by atoms with Crippen LogP contribution in [0.4, 0.5) is 5.69 Å². The van der Waals surface area contributed by atoms with Crippen LogP contribution in [-0.2, 0) is 6.42 Å². The van der Waals surface area contributed by atoms with E-state index in [4.69, 9.17) is 15.2 Å². The molecule has 0 aromatic heterocycles. The van der Waals surface area contributed by atoms with E-state index in [0.29, 0.717) is 37.1 Å². The first-order valence-corrected chi connectivity index (χ1v) is 15.6. The third-order valence-electron chi connectivity index (χ3n) is 7.40. The van der Waals surface area contributed by atoms with Crippen molar-refractivity contribution >= 4 is 48.8 Å². The molecule has 1 heterocycles. The van der Waals surface area contributed by atoms with Gasteiger partial charge in [-0.05, 0) is 67.8 Å². The monoisotopic (exact) mass is 660 g/mol. The van der Waals surface area contributed by atoms with Crippen LogP contribution in [0, 0.1) is 0 Å². The number of anilines is 1. The average molecular weight is 662 g/mol. The summed E-state index contributed by atoms with van der Waals surface area (Å²) in [4.78, 5) is 13.3. The molecule has 0 radical (unpaired) electrons. The van der Waals surface area contributed by atoms with Gasteiger partial charge in [-0.3, -0.25) is 4.79 Å². The second-order valence-electron chi connectivity index (χ2n) is 10.9. The van der Waals surface area contributed by atoms with Gasteiger partial charge in [-0.1, -0.05) is 70.8 Å². The van der Waals surface area contributed by atoms with Gasteiger partial charge >= 0.3 is 0 Å². The molecule has 3 rings (SSSR count). The number of unbranched alkanes of at least 4 members (excludes halogenated alkanes) is 9. The number of hydrogen-bond donors (Lipinski definition) is 4. The van der Waals surface area contributed by atoms with E-state index in [1.165, 1.54) is 51.4 Å². The van der Waals surface area contributed by atoms with E-state index in [9.17, 15) is 4.79 Å². The lowest BCUT2D eigenvalue weighted by Crippen LogP contribution is -2.50. The van der Waals surface area contributed by atoms with Crippen LogP contribution in [0.5, 0.6) is 11.5 Å². The zero-order chi connectivity index (χ0) is 28.3. The molecule has 1 aliphatic heterocycles. The molecular weight excluding hydrogens is 607 g/mol. The van der Waals surface area contributed by atoms with E-state index in [2.05, 4.69) is 22.9 Å².